The molecule has 2 aromatic rings. The molecule has 1 aliphatic rings. The highest BCUT2D eigenvalue weighted by molar-refractivity contribution is 5.97. The number of aryl methyl sites for hydroxylation is 1. The van der Waals surface area contributed by atoms with Gasteiger partial charge in [0.25, 0.3) is 0 Å². The van der Waals surface area contributed by atoms with E-state index in [-0.39, 0.29) is 11.7 Å². The predicted octanol–water partition coefficient (Wildman–Crippen LogP) is 2.52. The van der Waals surface area contributed by atoms with Crippen LogP contribution in [0.5, 0.6) is 0 Å². The summed E-state index contributed by atoms with van der Waals surface area (Å²) in [6.07, 6.45) is 2.29. The van der Waals surface area contributed by atoms with Crippen molar-refractivity contribution in [3.63, 3.8) is 0 Å². The summed E-state index contributed by atoms with van der Waals surface area (Å²) in [5.41, 5.74) is 0.939. The van der Waals surface area contributed by atoms with Crippen LogP contribution in [0.1, 0.15) is 25.3 Å². The minimum absolute atomic E-state index is 0.0809. The first-order valence-corrected chi connectivity index (χ1v) is 8.38. The number of nitrogens with zero attached hydrogens (tertiary/aromatic N) is 4. The van der Waals surface area contributed by atoms with Gasteiger partial charge < -0.3 is 14.2 Å². The van der Waals surface area contributed by atoms with Crippen LogP contribution in [-0.4, -0.2) is 47.2 Å². The van der Waals surface area contributed by atoms with Crippen molar-refractivity contribution in [1.82, 2.24) is 15.1 Å². The summed E-state index contributed by atoms with van der Waals surface area (Å²) < 4.78 is 19.3. The quantitative estimate of drug-likeness (QED) is 0.798. The fourth-order valence-corrected chi connectivity index (χ4v) is 2.75. The third-order valence-corrected chi connectivity index (χ3v) is 4.21. The van der Waals surface area contributed by atoms with Gasteiger partial charge in [-0.05, 0) is 19.1 Å². The number of benzene rings is 1. The standard InChI is InChI=1S/C18H21FN4O2/c1-3-16-20-21-18(25-16)23-10-8-22(9-11-23)17(24)13(2)12-14-6-4-5-7-15(14)19/h4-7,12H,3,8-11H2,1-2H3/b13-12+. The Morgan fingerprint density at radius 3 is 2.60 bits per heavy atom. The number of rotatable bonds is 4. The molecule has 1 aromatic heterocycles. The van der Waals surface area contributed by atoms with Gasteiger partial charge >= 0.3 is 6.01 Å². The molecule has 1 saturated heterocycles. The molecule has 132 valence electrons. The van der Waals surface area contributed by atoms with Crippen molar-refractivity contribution in [2.45, 2.75) is 20.3 Å². The second kappa shape index (κ2) is 7.46. The molecule has 1 aliphatic heterocycles. The largest absolute Gasteiger partial charge is 0.408 e. The first-order valence-electron chi connectivity index (χ1n) is 8.38. The first-order chi connectivity index (χ1) is 12.1. The Kier molecular flexibility index (Phi) is 5.11. The van der Waals surface area contributed by atoms with Crippen molar-refractivity contribution >= 4 is 18.0 Å². The van der Waals surface area contributed by atoms with E-state index < -0.39 is 0 Å². The molecule has 0 N–H and O–H groups in total. The third-order valence-electron chi connectivity index (χ3n) is 4.21. The molecule has 3 rings (SSSR count). The highest BCUT2D eigenvalue weighted by Crippen LogP contribution is 2.17. The van der Waals surface area contributed by atoms with E-state index in [0.29, 0.717) is 55.6 Å². The zero-order valence-corrected chi connectivity index (χ0v) is 14.4. The average molecular weight is 344 g/mol. The lowest BCUT2D eigenvalue weighted by molar-refractivity contribution is -0.127. The van der Waals surface area contributed by atoms with E-state index in [2.05, 4.69) is 10.2 Å². The number of anilines is 1. The smallest absolute Gasteiger partial charge is 0.318 e. The monoisotopic (exact) mass is 344 g/mol. The Morgan fingerprint density at radius 1 is 1.24 bits per heavy atom. The van der Waals surface area contributed by atoms with E-state index >= 15 is 0 Å². The van der Waals surface area contributed by atoms with E-state index in [1.165, 1.54) is 6.07 Å². The number of carbonyl (C=O) groups excluding carboxylic acids is 1. The van der Waals surface area contributed by atoms with E-state index in [1.54, 1.807) is 36.1 Å². The van der Waals surface area contributed by atoms with Crippen LogP contribution in [0.25, 0.3) is 6.08 Å². The molecule has 1 aromatic carbocycles. The zero-order chi connectivity index (χ0) is 17.8. The minimum atomic E-state index is -0.331. The highest BCUT2D eigenvalue weighted by atomic mass is 19.1. The maximum atomic E-state index is 13.7. The van der Waals surface area contributed by atoms with Gasteiger partial charge in [0, 0.05) is 43.7 Å². The molecule has 0 spiro atoms. The molecule has 1 amide bonds. The number of carbonyl (C=O) groups is 1. The minimum Gasteiger partial charge on any atom is -0.408 e. The van der Waals surface area contributed by atoms with Crippen LogP contribution in [0.4, 0.5) is 10.4 Å². The van der Waals surface area contributed by atoms with Crippen molar-refractivity contribution in [2.75, 3.05) is 31.1 Å². The van der Waals surface area contributed by atoms with Crippen molar-refractivity contribution in [3.8, 4) is 0 Å². The number of halogens is 1. The average Bonchev–Trinajstić information content (AvgIpc) is 3.12. The Balaban J connectivity index is 1.62. The van der Waals surface area contributed by atoms with Gasteiger partial charge in [-0.15, -0.1) is 5.10 Å². The molecule has 7 heteroatoms. The molecule has 25 heavy (non-hydrogen) atoms. The molecule has 2 heterocycles. The summed E-state index contributed by atoms with van der Waals surface area (Å²) in [4.78, 5) is 16.3. The van der Waals surface area contributed by atoms with Crippen LogP contribution in [0.2, 0.25) is 0 Å². The lowest BCUT2D eigenvalue weighted by atomic mass is 10.1. The van der Waals surface area contributed by atoms with Crippen molar-refractivity contribution in [2.24, 2.45) is 0 Å². The topological polar surface area (TPSA) is 62.5 Å². The maximum Gasteiger partial charge on any atom is 0.318 e. The highest BCUT2D eigenvalue weighted by Gasteiger charge is 2.24. The van der Waals surface area contributed by atoms with Crippen molar-refractivity contribution < 1.29 is 13.6 Å². The maximum absolute atomic E-state index is 13.7. The second-order valence-corrected chi connectivity index (χ2v) is 5.96. The van der Waals surface area contributed by atoms with Gasteiger partial charge in [0.05, 0.1) is 0 Å². The van der Waals surface area contributed by atoms with Crippen LogP contribution in [-0.2, 0) is 11.2 Å². The van der Waals surface area contributed by atoms with Gasteiger partial charge in [-0.3, -0.25) is 4.79 Å². The Morgan fingerprint density at radius 2 is 1.96 bits per heavy atom. The van der Waals surface area contributed by atoms with Crippen LogP contribution < -0.4 is 4.90 Å². The molecule has 0 bridgehead atoms. The third kappa shape index (κ3) is 3.87. The number of piperazine rings is 1. The van der Waals surface area contributed by atoms with Gasteiger partial charge in [-0.1, -0.05) is 30.2 Å². The van der Waals surface area contributed by atoms with Gasteiger partial charge in [0.1, 0.15) is 5.82 Å². The summed E-state index contributed by atoms with van der Waals surface area (Å²) in [5, 5.41) is 8.00. The summed E-state index contributed by atoms with van der Waals surface area (Å²) in [5.74, 6) is 0.197. The Labute approximate surface area is 145 Å². The number of amides is 1. The molecule has 0 aliphatic carbocycles. The molecule has 0 unspecified atom stereocenters. The normalized spacial score (nSPS) is 15.6. The predicted molar refractivity (Wildman–Crippen MR) is 92.5 cm³/mol. The van der Waals surface area contributed by atoms with Crippen LogP contribution in [0.15, 0.2) is 34.3 Å². The summed E-state index contributed by atoms with van der Waals surface area (Å²) in [6, 6.07) is 6.93. The number of aromatic nitrogens is 2. The zero-order valence-electron chi connectivity index (χ0n) is 14.4. The molecule has 6 nitrogen and oxygen atoms in total. The van der Waals surface area contributed by atoms with Gasteiger partial charge in [-0.25, -0.2) is 4.39 Å². The second-order valence-electron chi connectivity index (χ2n) is 5.96. The number of hydrogen-bond donors (Lipinski definition) is 0. The van der Waals surface area contributed by atoms with Crippen LogP contribution in [0, 0.1) is 5.82 Å². The van der Waals surface area contributed by atoms with E-state index in [9.17, 15) is 9.18 Å². The molecule has 0 radical (unpaired) electrons. The van der Waals surface area contributed by atoms with Crippen molar-refractivity contribution in [3.05, 3.63) is 47.1 Å². The fraction of sp³-hybridized carbons (Fsp3) is 0.389. The van der Waals surface area contributed by atoms with Crippen LogP contribution >= 0.6 is 0 Å². The molecule has 0 atom stereocenters. The summed E-state index contributed by atoms with van der Waals surface area (Å²) in [6.45, 7) is 6.05. The molecular formula is C18H21FN4O2. The van der Waals surface area contributed by atoms with E-state index in [0.717, 1.165) is 0 Å². The molecule has 1 fully saturated rings. The van der Waals surface area contributed by atoms with E-state index in [4.69, 9.17) is 4.42 Å². The fourth-order valence-electron chi connectivity index (χ4n) is 2.75. The van der Waals surface area contributed by atoms with Crippen molar-refractivity contribution in [1.29, 1.82) is 0 Å². The SMILES string of the molecule is CCc1nnc(N2CCN(C(=O)/C(C)=C/c3ccccc3F)CC2)o1. The lowest BCUT2D eigenvalue weighted by Crippen LogP contribution is -2.49. The van der Waals surface area contributed by atoms with Gasteiger partial charge in [-0.2, -0.15) is 0 Å². The van der Waals surface area contributed by atoms with E-state index in [1.807, 2.05) is 11.8 Å². The Hall–Kier alpha value is -2.70. The van der Waals surface area contributed by atoms with Gasteiger partial charge in [0.15, 0.2) is 0 Å². The Bertz CT molecular complexity index is 779. The van der Waals surface area contributed by atoms with Crippen LogP contribution in [0.3, 0.4) is 0 Å². The number of hydrogen-bond acceptors (Lipinski definition) is 5. The summed E-state index contributed by atoms with van der Waals surface area (Å²) in [7, 11) is 0. The summed E-state index contributed by atoms with van der Waals surface area (Å²) >= 11 is 0. The first kappa shape index (κ1) is 17.1. The van der Waals surface area contributed by atoms with Gasteiger partial charge in [0.2, 0.25) is 11.8 Å². The molecular weight excluding hydrogens is 323 g/mol. The lowest BCUT2D eigenvalue weighted by Gasteiger charge is -2.33. The molecule has 0 saturated carbocycles.